The highest BCUT2D eigenvalue weighted by Gasteiger charge is 2.30. The van der Waals surface area contributed by atoms with Gasteiger partial charge in [0.05, 0.1) is 11.4 Å². The van der Waals surface area contributed by atoms with Gasteiger partial charge in [-0.15, -0.1) is 0 Å². The molecule has 206 valence electrons. The second kappa shape index (κ2) is 10.4. The molecule has 0 spiro atoms. The summed E-state index contributed by atoms with van der Waals surface area (Å²) in [5.74, 6) is 1.36. The first-order valence-corrected chi connectivity index (χ1v) is 14.7. The minimum absolute atomic E-state index is 0.310. The van der Waals surface area contributed by atoms with Crippen molar-refractivity contribution in [2.45, 2.75) is 85.5 Å². The quantitative estimate of drug-likeness (QED) is 0.205. The van der Waals surface area contributed by atoms with Crippen LogP contribution in [0.2, 0.25) is 0 Å². The zero-order valence-electron chi connectivity index (χ0n) is 25.3. The molecule has 0 saturated carbocycles. The summed E-state index contributed by atoms with van der Waals surface area (Å²) in [6, 6.07) is 19.8. The minimum Gasteiger partial charge on any atom is -0.398 e. The average Bonchev–Trinajstić information content (AvgIpc) is 3.16. The van der Waals surface area contributed by atoms with E-state index in [0.29, 0.717) is 35.1 Å². The smallest absolute Gasteiger partial charge is 0.0880 e. The molecule has 1 aliphatic carbocycles. The van der Waals surface area contributed by atoms with Crippen molar-refractivity contribution in [2.75, 3.05) is 5.73 Å². The molecule has 5 rings (SSSR count). The van der Waals surface area contributed by atoms with E-state index in [1.54, 1.807) is 0 Å². The van der Waals surface area contributed by atoms with Gasteiger partial charge in [-0.05, 0) is 80.0 Å². The van der Waals surface area contributed by atoms with Gasteiger partial charge in [0.1, 0.15) is 0 Å². The van der Waals surface area contributed by atoms with Gasteiger partial charge in [0.25, 0.3) is 0 Å². The Hall–Kier alpha value is -3.72. The van der Waals surface area contributed by atoms with Crippen LogP contribution in [0, 0.1) is 10.8 Å². The summed E-state index contributed by atoms with van der Waals surface area (Å²) in [4.78, 5) is 0. The van der Waals surface area contributed by atoms with E-state index in [9.17, 15) is 0 Å². The van der Waals surface area contributed by atoms with Gasteiger partial charge in [0, 0.05) is 22.2 Å². The summed E-state index contributed by atoms with van der Waals surface area (Å²) in [6.45, 7) is 17.9. The molecule has 4 aromatic rings. The Morgan fingerprint density at radius 2 is 1.07 bits per heavy atom. The summed E-state index contributed by atoms with van der Waals surface area (Å²) in [7, 11) is 0. The van der Waals surface area contributed by atoms with Gasteiger partial charge in [-0.1, -0.05) is 110 Å². The Labute approximate surface area is 239 Å². The molecule has 0 bridgehead atoms. The molecule has 0 atom stereocenters. The summed E-state index contributed by atoms with van der Waals surface area (Å²) >= 11 is 0. The summed E-state index contributed by atoms with van der Waals surface area (Å²) in [5.41, 5.74) is 20.0. The van der Waals surface area contributed by atoms with Gasteiger partial charge in [-0.2, -0.15) is 0 Å². The number of nitrogens with one attached hydrogen (secondary N) is 2. The van der Waals surface area contributed by atoms with Crippen molar-refractivity contribution in [1.29, 1.82) is 10.8 Å². The van der Waals surface area contributed by atoms with Crippen molar-refractivity contribution in [1.82, 2.24) is 0 Å². The fourth-order valence-electron chi connectivity index (χ4n) is 6.45. The van der Waals surface area contributed by atoms with Gasteiger partial charge in [-0.3, -0.25) is 10.8 Å². The average molecular weight is 530 g/mol. The third-order valence-electron chi connectivity index (χ3n) is 8.54. The molecule has 0 amide bonds. The van der Waals surface area contributed by atoms with Crippen LogP contribution in [0.25, 0.3) is 21.9 Å². The van der Waals surface area contributed by atoms with Crippen molar-refractivity contribution >= 4 is 27.9 Å². The third-order valence-corrected chi connectivity index (χ3v) is 8.54. The second-order valence-corrected chi connectivity index (χ2v) is 12.8. The summed E-state index contributed by atoms with van der Waals surface area (Å²) in [6.07, 6.45) is 0.856. The molecule has 0 fully saturated rings. The predicted molar refractivity (Wildman–Crippen MR) is 173 cm³/mol. The lowest BCUT2D eigenvalue weighted by Crippen LogP contribution is -2.10. The Morgan fingerprint density at radius 3 is 1.57 bits per heavy atom. The molecule has 3 nitrogen and oxygen atoms in total. The highest BCUT2D eigenvalue weighted by Crippen LogP contribution is 2.44. The van der Waals surface area contributed by atoms with Crippen LogP contribution in [-0.2, 0) is 6.42 Å². The number of rotatable bonds is 7. The summed E-state index contributed by atoms with van der Waals surface area (Å²) in [5, 5.41) is 19.8. The van der Waals surface area contributed by atoms with Crippen molar-refractivity contribution in [3.8, 4) is 11.1 Å². The van der Waals surface area contributed by atoms with Crippen LogP contribution < -0.4 is 5.73 Å². The van der Waals surface area contributed by atoms with Crippen LogP contribution in [0.4, 0.5) is 5.69 Å². The Bertz CT molecular complexity index is 1610. The van der Waals surface area contributed by atoms with E-state index in [-0.39, 0.29) is 0 Å². The minimum atomic E-state index is 0.310. The van der Waals surface area contributed by atoms with E-state index in [2.05, 4.69) is 97.9 Å². The number of hydrogen-bond acceptors (Lipinski definition) is 3. The van der Waals surface area contributed by atoms with E-state index in [1.807, 2.05) is 12.1 Å². The number of hydrogen-bond donors (Lipinski definition) is 3. The van der Waals surface area contributed by atoms with E-state index >= 15 is 0 Å². The topological polar surface area (TPSA) is 73.7 Å². The van der Waals surface area contributed by atoms with Crippen LogP contribution in [0.1, 0.15) is 124 Å². The van der Waals surface area contributed by atoms with Gasteiger partial charge < -0.3 is 5.73 Å². The van der Waals surface area contributed by atoms with E-state index in [1.165, 1.54) is 38.9 Å². The molecule has 4 aromatic carbocycles. The SMILES string of the molecule is CC(C)c1cc(Cc2cc(C(C)C)c(-c3ccc4cccc5c4c3C(=N)C5=N)c(C(C)C)c2)cc(C(C)C)c1N. The number of anilines is 1. The molecule has 40 heavy (non-hydrogen) atoms. The van der Waals surface area contributed by atoms with Crippen LogP contribution >= 0.6 is 0 Å². The van der Waals surface area contributed by atoms with Crippen molar-refractivity contribution in [2.24, 2.45) is 0 Å². The fraction of sp³-hybridized carbons (Fsp3) is 0.351. The molecule has 0 aliphatic heterocycles. The van der Waals surface area contributed by atoms with Crippen molar-refractivity contribution in [3.63, 3.8) is 0 Å². The lowest BCUT2D eigenvalue weighted by atomic mass is 9.80. The molecule has 0 radical (unpaired) electrons. The predicted octanol–water partition coefficient (Wildman–Crippen LogP) is 9.92. The van der Waals surface area contributed by atoms with Crippen molar-refractivity contribution < 1.29 is 0 Å². The Kier molecular flexibility index (Phi) is 7.20. The standard InChI is InChI=1S/C37H43N3/c1-19(2)28-15-23(14-24-17-30(21(5)6)35(38)31(18-24)22(7)8)16-29(20(3)4)33(28)26-13-12-25-10-9-11-27-32(25)34(26)37(40)36(27)39/h9-13,15-22,39-40H,14,38H2,1-8H3. The molecular weight excluding hydrogens is 486 g/mol. The van der Waals surface area contributed by atoms with Gasteiger partial charge in [-0.25, -0.2) is 0 Å². The Balaban J connectivity index is 1.72. The molecule has 4 N–H and O–H groups in total. The lowest BCUT2D eigenvalue weighted by molar-refractivity contribution is 0.828. The maximum Gasteiger partial charge on any atom is 0.0880 e. The van der Waals surface area contributed by atoms with E-state index in [4.69, 9.17) is 16.6 Å². The van der Waals surface area contributed by atoms with Gasteiger partial charge in [0.2, 0.25) is 0 Å². The first-order valence-electron chi connectivity index (χ1n) is 14.7. The second-order valence-electron chi connectivity index (χ2n) is 12.8. The monoisotopic (exact) mass is 529 g/mol. The third kappa shape index (κ3) is 4.56. The van der Waals surface area contributed by atoms with Gasteiger partial charge >= 0.3 is 0 Å². The number of nitrogen functional groups attached to an aromatic ring is 1. The van der Waals surface area contributed by atoms with Crippen LogP contribution in [0.5, 0.6) is 0 Å². The van der Waals surface area contributed by atoms with Crippen LogP contribution in [-0.4, -0.2) is 11.4 Å². The lowest BCUT2D eigenvalue weighted by Gasteiger charge is -2.24. The fourth-order valence-corrected chi connectivity index (χ4v) is 6.45. The zero-order chi connectivity index (χ0) is 29.0. The van der Waals surface area contributed by atoms with Crippen LogP contribution in [0.15, 0.2) is 54.6 Å². The normalized spacial score (nSPS) is 13.2. The first kappa shape index (κ1) is 27.8. The highest BCUT2D eigenvalue weighted by molar-refractivity contribution is 6.60. The molecule has 0 unspecified atom stereocenters. The van der Waals surface area contributed by atoms with E-state index < -0.39 is 0 Å². The maximum atomic E-state index is 8.95. The Morgan fingerprint density at radius 1 is 0.575 bits per heavy atom. The van der Waals surface area contributed by atoms with Crippen molar-refractivity contribution in [3.05, 3.63) is 99.1 Å². The molecule has 3 heteroatoms. The number of benzene rings is 4. The van der Waals surface area contributed by atoms with E-state index in [0.717, 1.165) is 39.6 Å². The van der Waals surface area contributed by atoms with Crippen LogP contribution in [0.3, 0.4) is 0 Å². The maximum absolute atomic E-state index is 8.95. The molecule has 0 saturated heterocycles. The molecule has 0 aromatic heterocycles. The molecular formula is C37H43N3. The largest absolute Gasteiger partial charge is 0.398 e. The van der Waals surface area contributed by atoms with Gasteiger partial charge in [0.15, 0.2) is 0 Å². The summed E-state index contributed by atoms with van der Waals surface area (Å²) < 4.78 is 0. The number of nitrogens with two attached hydrogens (primary N) is 1. The highest BCUT2D eigenvalue weighted by atomic mass is 14.6. The zero-order valence-corrected chi connectivity index (χ0v) is 25.3. The first-order chi connectivity index (χ1) is 18.9. The molecule has 0 heterocycles. The molecule has 1 aliphatic rings.